The number of aromatic carboxylic acids is 1. The third-order valence-corrected chi connectivity index (χ3v) is 5.74. The number of nitrogens with zero attached hydrogens (tertiary/aromatic N) is 1. The summed E-state index contributed by atoms with van der Waals surface area (Å²) in [5.41, 5.74) is 4.82. The molecule has 0 atom stereocenters. The molecule has 6 heteroatoms. The van der Waals surface area contributed by atoms with E-state index in [-0.39, 0.29) is 4.88 Å². The van der Waals surface area contributed by atoms with Gasteiger partial charge in [0.1, 0.15) is 34.6 Å². The van der Waals surface area contributed by atoms with E-state index >= 15 is 0 Å². The van der Waals surface area contributed by atoms with Crippen molar-refractivity contribution >= 4 is 17.3 Å². The van der Waals surface area contributed by atoms with Gasteiger partial charge < -0.3 is 14.6 Å². The minimum absolute atomic E-state index is 0.263. The maximum absolute atomic E-state index is 11.2. The van der Waals surface area contributed by atoms with E-state index in [2.05, 4.69) is 31.0 Å². The Morgan fingerprint density at radius 2 is 1.75 bits per heavy atom. The van der Waals surface area contributed by atoms with Gasteiger partial charge in [0.15, 0.2) is 0 Å². The van der Waals surface area contributed by atoms with Crippen LogP contribution in [0, 0.1) is 27.7 Å². The number of carboxylic acids is 1. The van der Waals surface area contributed by atoms with Gasteiger partial charge in [-0.05, 0) is 56.5 Å². The average molecular weight is 397 g/mol. The van der Waals surface area contributed by atoms with Crippen molar-refractivity contribution in [3.8, 4) is 22.1 Å². The molecule has 0 radical (unpaired) electrons. The van der Waals surface area contributed by atoms with Gasteiger partial charge in [0.05, 0.1) is 5.69 Å². The van der Waals surface area contributed by atoms with Gasteiger partial charge in [-0.1, -0.05) is 24.3 Å². The number of rotatable bonds is 7. The molecule has 0 bridgehead atoms. The van der Waals surface area contributed by atoms with Gasteiger partial charge in [-0.15, -0.1) is 11.3 Å². The predicted molar refractivity (Wildman–Crippen MR) is 111 cm³/mol. The first-order valence-corrected chi connectivity index (χ1v) is 9.82. The SMILES string of the molecule is Cc1ccc(C)c(OCCOc2cccc(-c3nc(C)c(C(=O)O)s3)c2)c1C. The molecule has 0 spiro atoms. The summed E-state index contributed by atoms with van der Waals surface area (Å²) in [6.07, 6.45) is 0. The molecule has 0 unspecified atom stereocenters. The maximum Gasteiger partial charge on any atom is 0.347 e. The van der Waals surface area contributed by atoms with Crippen molar-refractivity contribution in [3.05, 3.63) is 63.7 Å². The Morgan fingerprint density at radius 1 is 1.04 bits per heavy atom. The van der Waals surface area contributed by atoms with Crippen LogP contribution in [0.4, 0.5) is 0 Å². The van der Waals surface area contributed by atoms with E-state index < -0.39 is 5.97 Å². The van der Waals surface area contributed by atoms with E-state index in [4.69, 9.17) is 9.47 Å². The molecule has 1 heterocycles. The van der Waals surface area contributed by atoms with Crippen molar-refractivity contribution in [2.45, 2.75) is 27.7 Å². The molecule has 0 fully saturated rings. The fraction of sp³-hybridized carbons (Fsp3) is 0.273. The summed E-state index contributed by atoms with van der Waals surface area (Å²) in [4.78, 5) is 15.9. The molecule has 0 aliphatic rings. The largest absolute Gasteiger partial charge is 0.490 e. The van der Waals surface area contributed by atoms with Crippen LogP contribution >= 0.6 is 11.3 Å². The molecule has 0 amide bonds. The van der Waals surface area contributed by atoms with E-state index in [9.17, 15) is 9.90 Å². The number of carbonyl (C=O) groups is 1. The lowest BCUT2D eigenvalue weighted by atomic mass is 10.1. The van der Waals surface area contributed by atoms with Crippen LogP contribution in [0.5, 0.6) is 11.5 Å². The lowest BCUT2D eigenvalue weighted by molar-refractivity contribution is 0.0701. The number of hydrogen-bond acceptors (Lipinski definition) is 5. The molecule has 28 heavy (non-hydrogen) atoms. The Balaban J connectivity index is 1.64. The highest BCUT2D eigenvalue weighted by molar-refractivity contribution is 7.17. The Labute approximate surface area is 168 Å². The molecular formula is C22H23NO4S. The van der Waals surface area contributed by atoms with Crippen LogP contribution in [0.25, 0.3) is 10.6 Å². The second kappa shape index (κ2) is 8.44. The molecule has 0 saturated carbocycles. The third-order valence-electron chi connectivity index (χ3n) is 4.54. The molecule has 2 aromatic carbocycles. The smallest absolute Gasteiger partial charge is 0.347 e. The number of benzene rings is 2. The zero-order valence-electron chi connectivity index (χ0n) is 16.4. The van der Waals surface area contributed by atoms with Crippen molar-refractivity contribution in [1.29, 1.82) is 0 Å². The number of hydrogen-bond donors (Lipinski definition) is 1. The van der Waals surface area contributed by atoms with Gasteiger partial charge in [-0.3, -0.25) is 0 Å². The number of carboxylic acid groups (broad SMARTS) is 1. The van der Waals surface area contributed by atoms with Gasteiger partial charge in [0.2, 0.25) is 0 Å². The molecule has 1 aromatic heterocycles. The van der Waals surface area contributed by atoms with E-state index in [0.29, 0.717) is 29.7 Å². The molecule has 1 N–H and O–H groups in total. The summed E-state index contributed by atoms with van der Waals surface area (Å²) in [5, 5.41) is 9.87. The van der Waals surface area contributed by atoms with Crippen molar-refractivity contribution < 1.29 is 19.4 Å². The lowest BCUT2D eigenvalue weighted by Crippen LogP contribution is -2.10. The van der Waals surface area contributed by atoms with Crippen molar-refractivity contribution in [2.75, 3.05) is 13.2 Å². The number of aryl methyl sites for hydroxylation is 3. The number of ether oxygens (including phenoxy) is 2. The molecule has 0 saturated heterocycles. The van der Waals surface area contributed by atoms with Gasteiger partial charge in [0.25, 0.3) is 0 Å². The van der Waals surface area contributed by atoms with Gasteiger partial charge in [-0.2, -0.15) is 0 Å². The predicted octanol–water partition coefficient (Wildman–Crippen LogP) is 5.20. The molecule has 146 valence electrons. The number of thiazole rings is 1. The summed E-state index contributed by atoms with van der Waals surface area (Å²) in [5.74, 6) is 0.660. The van der Waals surface area contributed by atoms with Gasteiger partial charge in [-0.25, -0.2) is 9.78 Å². The van der Waals surface area contributed by atoms with Crippen LogP contribution in [0.15, 0.2) is 36.4 Å². The lowest BCUT2D eigenvalue weighted by Gasteiger charge is -2.14. The van der Waals surface area contributed by atoms with Crippen LogP contribution in [0.3, 0.4) is 0 Å². The van der Waals surface area contributed by atoms with Crippen molar-refractivity contribution in [2.24, 2.45) is 0 Å². The highest BCUT2D eigenvalue weighted by Crippen LogP contribution is 2.30. The Kier molecular flexibility index (Phi) is 5.99. The first-order chi connectivity index (χ1) is 13.4. The zero-order chi connectivity index (χ0) is 20.3. The Morgan fingerprint density at radius 3 is 2.46 bits per heavy atom. The van der Waals surface area contributed by atoms with E-state index in [1.165, 1.54) is 16.9 Å². The standard InChI is InChI=1S/C22H23NO4S/c1-13-8-9-14(2)19(15(13)3)27-11-10-26-18-7-5-6-17(12-18)21-23-16(4)20(28-21)22(24)25/h5-9,12H,10-11H2,1-4H3,(H,24,25). The summed E-state index contributed by atoms with van der Waals surface area (Å²) < 4.78 is 11.7. The molecule has 3 rings (SSSR count). The second-order valence-electron chi connectivity index (χ2n) is 6.62. The highest BCUT2D eigenvalue weighted by Gasteiger charge is 2.15. The first kappa shape index (κ1) is 19.9. The van der Waals surface area contributed by atoms with Crippen LogP contribution < -0.4 is 9.47 Å². The second-order valence-corrected chi connectivity index (χ2v) is 7.62. The molecule has 3 aromatic rings. The number of aromatic nitrogens is 1. The summed E-state index contributed by atoms with van der Waals surface area (Å²) in [7, 11) is 0. The summed E-state index contributed by atoms with van der Waals surface area (Å²) in [6.45, 7) is 8.72. The minimum atomic E-state index is -0.951. The van der Waals surface area contributed by atoms with Crippen LogP contribution in [-0.4, -0.2) is 29.3 Å². The molecule has 5 nitrogen and oxygen atoms in total. The Hall–Kier alpha value is -2.86. The van der Waals surface area contributed by atoms with Crippen LogP contribution in [-0.2, 0) is 0 Å². The molecule has 0 aliphatic heterocycles. The van der Waals surface area contributed by atoms with Gasteiger partial charge in [0, 0.05) is 5.56 Å². The zero-order valence-corrected chi connectivity index (χ0v) is 17.2. The van der Waals surface area contributed by atoms with Crippen molar-refractivity contribution in [1.82, 2.24) is 4.98 Å². The maximum atomic E-state index is 11.2. The highest BCUT2D eigenvalue weighted by atomic mass is 32.1. The fourth-order valence-corrected chi connectivity index (χ4v) is 3.79. The monoisotopic (exact) mass is 397 g/mol. The first-order valence-electron chi connectivity index (χ1n) is 9.00. The van der Waals surface area contributed by atoms with Gasteiger partial charge >= 0.3 is 5.97 Å². The Bertz CT molecular complexity index is 1010. The van der Waals surface area contributed by atoms with Crippen LogP contribution in [0.2, 0.25) is 0 Å². The topological polar surface area (TPSA) is 68.7 Å². The molecule has 0 aliphatic carbocycles. The van der Waals surface area contributed by atoms with E-state index in [0.717, 1.165) is 22.4 Å². The molecular weight excluding hydrogens is 374 g/mol. The summed E-state index contributed by atoms with van der Waals surface area (Å²) in [6, 6.07) is 11.7. The summed E-state index contributed by atoms with van der Waals surface area (Å²) >= 11 is 1.17. The van der Waals surface area contributed by atoms with E-state index in [1.54, 1.807) is 6.92 Å². The van der Waals surface area contributed by atoms with Crippen LogP contribution in [0.1, 0.15) is 32.1 Å². The van der Waals surface area contributed by atoms with Crippen molar-refractivity contribution in [3.63, 3.8) is 0 Å². The quantitative estimate of drug-likeness (QED) is 0.555. The normalized spacial score (nSPS) is 10.7. The fourth-order valence-electron chi connectivity index (χ4n) is 2.89. The van der Waals surface area contributed by atoms with E-state index in [1.807, 2.05) is 31.2 Å². The average Bonchev–Trinajstić information content (AvgIpc) is 3.06. The minimum Gasteiger partial charge on any atom is -0.490 e. The third kappa shape index (κ3) is 4.34.